The molecular weight excluding hydrogens is 722 g/mol. The van der Waals surface area contributed by atoms with E-state index in [4.69, 9.17) is 26.8 Å². The maximum atomic E-state index is 14.7. The minimum Gasteiger partial charge on any atom is -0.421 e. The molecular formula is C38H46ClN5O8S. The average molecular weight is 768 g/mol. The fourth-order valence-corrected chi connectivity index (χ4v) is 8.32. The number of rotatable bonds is 8. The van der Waals surface area contributed by atoms with Gasteiger partial charge in [0.05, 0.1) is 17.2 Å². The van der Waals surface area contributed by atoms with Gasteiger partial charge in [0.15, 0.2) is 11.4 Å². The normalized spacial score (nSPS) is 19.4. The van der Waals surface area contributed by atoms with Crippen LogP contribution in [0.5, 0.6) is 11.6 Å². The summed E-state index contributed by atoms with van der Waals surface area (Å²) in [5.41, 5.74) is 4.11. The Balaban J connectivity index is 1.72. The topological polar surface area (TPSA) is 191 Å². The summed E-state index contributed by atoms with van der Waals surface area (Å²) in [7, 11) is -4.55. The third-order valence-corrected chi connectivity index (χ3v) is 11.0. The predicted octanol–water partition coefficient (Wildman–Crippen LogP) is 6.82. The molecule has 2 atom stereocenters. The first kappa shape index (κ1) is 39.4. The van der Waals surface area contributed by atoms with Gasteiger partial charge < -0.3 is 20.2 Å². The second kappa shape index (κ2) is 14.5. The van der Waals surface area contributed by atoms with Crippen molar-refractivity contribution in [2.75, 3.05) is 10.5 Å². The van der Waals surface area contributed by atoms with Crippen LogP contribution < -0.4 is 30.2 Å². The second-order valence-electron chi connectivity index (χ2n) is 15.9. The first-order valence-corrected chi connectivity index (χ1v) is 19.1. The Morgan fingerprint density at radius 2 is 1.49 bits per heavy atom. The van der Waals surface area contributed by atoms with E-state index >= 15 is 0 Å². The number of nitrogens with one attached hydrogen (secondary N) is 3. The van der Waals surface area contributed by atoms with Crippen molar-refractivity contribution in [2.24, 2.45) is 34.5 Å². The first-order valence-electron chi connectivity index (χ1n) is 17.2. The number of carbonyl (C=O) groups is 3. The highest BCUT2D eigenvalue weighted by Gasteiger charge is 2.50. The Hall–Kier alpha value is -4.82. The van der Waals surface area contributed by atoms with Gasteiger partial charge in [-0.1, -0.05) is 90.4 Å². The number of para-hydroxylation sites is 1. The van der Waals surface area contributed by atoms with E-state index < -0.39 is 56.8 Å². The van der Waals surface area contributed by atoms with Crippen LogP contribution in [0.3, 0.4) is 0 Å². The van der Waals surface area contributed by atoms with Crippen LogP contribution in [-0.2, 0) is 19.8 Å². The summed E-state index contributed by atoms with van der Waals surface area (Å²) in [6.07, 6.45) is 1.58. The van der Waals surface area contributed by atoms with Gasteiger partial charge in [-0.3, -0.25) is 23.9 Å². The lowest BCUT2D eigenvalue weighted by atomic mass is 9.55. The third-order valence-electron chi connectivity index (χ3n) is 9.75. The molecule has 1 fully saturated rings. The van der Waals surface area contributed by atoms with Gasteiger partial charge in [-0.05, 0) is 71.3 Å². The van der Waals surface area contributed by atoms with Crippen molar-refractivity contribution in [2.45, 2.75) is 68.2 Å². The van der Waals surface area contributed by atoms with E-state index in [-0.39, 0.29) is 45.3 Å². The number of H-pyrrole nitrogens is 1. The van der Waals surface area contributed by atoms with Crippen molar-refractivity contribution >= 4 is 56.8 Å². The molecule has 0 saturated heterocycles. The number of aromatic amines is 1. The lowest BCUT2D eigenvalue weighted by Gasteiger charge is -2.49. The number of amides is 1. The van der Waals surface area contributed by atoms with E-state index in [0.717, 1.165) is 24.2 Å². The quantitative estimate of drug-likeness (QED) is 0.139. The number of ether oxygens (including phenoxy) is 2. The SMILES string of the molecule is CC(=O)Oc1c(-c2ccc(Cl)cc2)c(OC(=O)C2C(C(C)(C)C)CC(C)CC2C(C)(C)C)c2[nH]c(N)c(C(=O)NS(=O)(=O)Nc3ccccc3)c(=O)n12. The molecule has 4 aromatic rings. The summed E-state index contributed by atoms with van der Waals surface area (Å²) in [4.78, 5) is 57.9. The minimum absolute atomic E-state index is 0.0256. The Bertz CT molecular complexity index is 2200. The summed E-state index contributed by atoms with van der Waals surface area (Å²) in [5.74, 6) is -4.22. The van der Waals surface area contributed by atoms with Gasteiger partial charge in [0, 0.05) is 11.9 Å². The zero-order valence-corrected chi connectivity index (χ0v) is 32.6. The van der Waals surface area contributed by atoms with Crippen LogP contribution in [-0.4, -0.2) is 35.6 Å². The number of fused-ring (bicyclic) bond motifs is 1. The number of anilines is 2. The van der Waals surface area contributed by atoms with Crippen LogP contribution in [0.4, 0.5) is 11.5 Å². The standard InChI is InChI=1S/C38H46ClN5O8S/c1-20-18-25(37(3,4)5)28(26(19-20)38(6,7)8)36(48)52-30-27(22-14-16-23(39)17-15-22)35(51-21(2)45)44-32(30)41-31(40)29(34(44)47)33(46)43-53(49,50)42-24-12-10-9-11-13-24/h9-17,20,25-26,28,41-42H,18-19,40H2,1-8H3,(H,43,46). The smallest absolute Gasteiger partial charge is 0.323 e. The molecule has 2 unspecified atom stereocenters. The van der Waals surface area contributed by atoms with Gasteiger partial charge in [0.1, 0.15) is 11.4 Å². The number of halogens is 1. The molecule has 1 saturated carbocycles. The Morgan fingerprint density at radius 3 is 2.02 bits per heavy atom. The molecule has 0 aliphatic heterocycles. The van der Waals surface area contributed by atoms with Crippen molar-refractivity contribution in [3.8, 4) is 22.8 Å². The molecule has 1 aliphatic rings. The first-order chi connectivity index (χ1) is 24.6. The third kappa shape index (κ3) is 8.38. The van der Waals surface area contributed by atoms with Crippen LogP contribution in [0.1, 0.15) is 78.6 Å². The van der Waals surface area contributed by atoms with Crippen molar-refractivity contribution in [1.29, 1.82) is 0 Å². The Labute approximate surface area is 313 Å². The number of hydrogen-bond donors (Lipinski definition) is 4. The number of benzene rings is 2. The van der Waals surface area contributed by atoms with Gasteiger partial charge in [0.2, 0.25) is 5.88 Å². The molecule has 53 heavy (non-hydrogen) atoms. The van der Waals surface area contributed by atoms with E-state index in [0.29, 0.717) is 16.5 Å². The number of nitrogens with two attached hydrogens (primary N) is 1. The van der Waals surface area contributed by atoms with Gasteiger partial charge in [-0.25, -0.2) is 9.12 Å². The molecule has 1 amide bonds. The number of aromatic nitrogens is 2. The highest BCUT2D eigenvalue weighted by molar-refractivity contribution is 7.91. The number of nitrogen functional groups attached to an aromatic ring is 1. The summed E-state index contributed by atoms with van der Waals surface area (Å²) >= 11 is 6.21. The second-order valence-corrected chi connectivity index (χ2v) is 17.7. The van der Waals surface area contributed by atoms with E-state index in [9.17, 15) is 27.6 Å². The summed E-state index contributed by atoms with van der Waals surface area (Å²) in [6.45, 7) is 15.9. The predicted molar refractivity (Wildman–Crippen MR) is 204 cm³/mol. The minimum atomic E-state index is -4.55. The van der Waals surface area contributed by atoms with Crippen LogP contribution in [0.2, 0.25) is 5.02 Å². The van der Waals surface area contributed by atoms with E-state index in [1.165, 1.54) is 12.1 Å². The van der Waals surface area contributed by atoms with Gasteiger partial charge >= 0.3 is 22.1 Å². The van der Waals surface area contributed by atoms with Gasteiger partial charge in [-0.2, -0.15) is 8.42 Å². The monoisotopic (exact) mass is 767 g/mol. The van der Waals surface area contributed by atoms with E-state index in [1.807, 2.05) is 0 Å². The number of nitrogens with zero attached hydrogens (tertiary/aromatic N) is 1. The molecule has 5 N–H and O–H groups in total. The molecule has 5 rings (SSSR count). The molecule has 2 aromatic heterocycles. The molecule has 284 valence electrons. The average Bonchev–Trinajstić information content (AvgIpc) is 3.31. The van der Waals surface area contributed by atoms with Crippen molar-refractivity contribution < 1.29 is 32.3 Å². The molecule has 13 nitrogen and oxygen atoms in total. The van der Waals surface area contributed by atoms with Crippen LogP contribution in [0.15, 0.2) is 59.4 Å². The Morgan fingerprint density at radius 1 is 0.925 bits per heavy atom. The summed E-state index contributed by atoms with van der Waals surface area (Å²) in [6, 6.07) is 14.1. The zero-order chi connectivity index (χ0) is 39.2. The van der Waals surface area contributed by atoms with Crippen LogP contribution in [0.25, 0.3) is 16.8 Å². The lowest BCUT2D eigenvalue weighted by Crippen LogP contribution is -2.48. The maximum absolute atomic E-state index is 14.7. The van der Waals surface area contributed by atoms with E-state index in [1.54, 1.807) is 47.2 Å². The molecule has 2 aromatic carbocycles. The fraction of sp³-hybridized carbons (Fsp3) is 0.421. The van der Waals surface area contributed by atoms with Gasteiger partial charge in [-0.15, -0.1) is 0 Å². The molecule has 0 bridgehead atoms. The van der Waals surface area contributed by atoms with Crippen LogP contribution >= 0.6 is 11.6 Å². The fourth-order valence-electron chi connectivity index (χ4n) is 7.36. The number of esters is 2. The maximum Gasteiger partial charge on any atom is 0.323 e. The van der Waals surface area contributed by atoms with Gasteiger partial charge in [0.25, 0.3) is 11.5 Å². The molecule has 0 radical (unpaired) electrons. The molecule has 2 heterocycles. The summed E-state index contributed by atoms with van der Waals surface area (Å²) in [5, 5.41) is 0.382. The number of hydrogen-bond acceptors (Lipinski definition) is 9. The number of carbonyl (C=O) groups excluding carboxylic acids is 3. The highest BCUT2D eigenvalue weighted by atomic mass is 35.5. The summed E-state index contributed by atoms with van der Waals surface area (Å²) < 4.78 is 42.6. The molecule has 1 aliphatic carbocycles. The lowest BCUT2D eigenvalue weighted by molar-refractivity contribution is -0.152. The van der Waals surface area contributed by atoms with E-state index in [2.05, 4.69) is 58.2 Å². The molecule has 15 heteroatoms. The van der Waals surface area contributed by atoms with Crippen molar-refractivity contribution in [1.82, 2.24) is 14.1 Å². The van der Waals surface area contributed by atoms with Crippen molar-refractivity contribution in [3.63, 3.8) is 0 Å². The largest absolute Gasteiger partial charge is 0.421 e. The van der Waals surface area contributed by atoms with Crippen LogP contribution in [0, 0.1) is 34.5 Å². The Kier molecular flexibility index (Phi) is 10.8. The van der Waals surface area contributed by atoms with Crippen molar-refractivity contribution in [3.05, 3.63) is 75.5 Å². The highest BCUT2D eigenvalue weighted by Crippen LogP contribution is 2.53. The zero-order valence-electron chi connectivity index (χ0n) is 31.0. The molecule has 0 spiro atoms.